The molecule has 118 valence electrons. The Kier molecular flexibility index (Phi) is 3.71. The molecule has 4 rings (SSSR count). The number of nitrogens with zero attached hydrogens (tertiary/aromatic N) is 3. The summed E-state index contributed by atoms with van der Waals surface area (Å²) < 4.78 is 1.98. The van der Waals surface area contributed by atoms with Crippen molar-refractivity contribution in [1.82, 2.24) is 14.6 Å². The molecule has 4 heteroatoms. The van der Waals surface area contributed by atoms with Gasteiger partial charge in [-0.2, -0.15) is 0 Å². The molecule has 2 heterocycles. The summed E-state index contributed by atoms with van der Waals surface area (Å²) in [7, 11) is 0. The highest BCUT2D eigenvalue weighted by Crippen LogP contribution is 2.28. The lowest BCUT2D eigenvalue weighted by Gasteiger charge is -2.17. The second-order valence-electron chi connectivity index (χ2n) is 5.88. The first-order chi connectivity index (χ1) is 11.8. The van der Waals surface area contributed by atoms with Gasteiger partial charge in [-0.3, -0.25) is 4.40 Å². The van der Waals surface area contributed by atoms with Crippen LogP contribution >= 0.6 is 0 Å². The van der Waals surface area contributed by atoms with Gasteiger partial charge in [0.25, 0.3) is 0 Å². The number of rotatable bonds is 4. The Morgan fingerprint density at radius 3 is 2.04 bits per heavy atom. The van der Waals surface area contributed by atoms with Crippen molar-refractivity contribution < 1.29 is 0 Å². The Bertz CT molecular complexity index is 906. The minimum atomic E-state index is 0.223. The maximum absolute atomic E-state index is 5.93. The molecule has 0 aliphatic carbocycles. The molecule has 4 nitrogen and oxygen atoms in total. The zero-order chi connectivity index (χ0) is 16.4. The van der Waals surface area contributed by atoms with Crippen LogP contribution in [0.15, 0.2) is 79.0 Å². The Morgan fingerprint density at radius 1 is 0.792 bits per heavy atom. The second-order valence-corrected chi connectivity index (χ2v) is 5.88. The maximum Gasteiger partial charge on any atom is 0.160 e. The molecule has 0 radical (unpaired) electrons. The molecule has 24 heavy (non-hydrogen) atoms. The lowest BCUT2D eigenvalue weighted by atomic mass is 9.88. The highest BCUT2D eigenvalue weighted by atomic mass is 15.2. The largest absolute Gasteiger partial charge is 0.398 e. The van der Waals surface area contributed by atoms with E-state index in [9.17, 15) is 0 Å². The molecule has 0 amide bonds. The molecule has 0 atom stereocenters. The van der Waals surface area contributed by atoms with Gasteiger partial charge in [0.1, 0.15) is 5.82 Å². The van der Waals surface area contributed by atoms with Crippen LogP contribution in [0.3, 0.4) is 0 Å². The van der Waals surface area contributed by atoms with Crippen LogP contribution in [0.2, 0.25) is 0 Å². The number of hydrogen-bond acceptors (Lipinski definition) is 3. The molecule has 0 aliphatic rings. The van der Waals surface area contributed by atoms with Crippen LogP contribution < -0.4 is 5.73 Å². The van der Waals surface area contributed by atoms with Crippen molar-refractivity contribution in [2.45, 2.75) is 12.3 Å². The van der Waals surface area contributed by atoms with E-state index in [1.54, 1.807) is 0 Å². The lowest BCUT2D eigenvalue weighted by Crippen LogP contribution is -2.08. The summed E-state index contributed by atoms with van der Waals surface area (Å²) in [6.07, 6.45) is 2.65. The molecule has 2 aromatic carbocycles. The average molecular weight is 314 g/mol. The van der Waals surface area contributed by atoms with Gasteiger partial charge in [0.05, 0.1) is 0 Å². The van der Waals surface area contributed by atoms with E-state index in [1.807, 2.05) is 34.9 Å². The third kappa shape index (κ3) is 2.74. The van der Waals surface area contributed by atoms with Gasteiger partial charge in [0.15, 0.2) is 5.65 Å². The van der Waals surface area contributed by atoms with Gasteiger partial charge >= 0.3 is 0 Å². The summed E-state index contributed by atoms with van der Waals surface area (Å²) >= 11 is 0. The first-order valence-electron chi connectivity index (χ1n) is 8.00. The van der Waals surface area contributed by atoms with E-state index in [0.29, 0.717) is 5.69 Å². The van der Waals surface area contributed by atoms with Crippen molar-refractivity contribution in [3.05, 3.63) is 95.9 Å². The minimum absolute atomic E-state index is 0.223. The molecule has 0 aliphatic heterocycles. The fourth-order valence-corrected chi connectivity index (χ4v) is 3.08. The molecule has 4 aromatic rings. The maximum atomic E-state index is 5.93. The van der Waals surface area contributed by atoms with Gasteiger partial charge in [-0.15, -0.1) is 10.2 Å². The molecule has 0 saturated carbocycles. The van der Waals surface area contributed by atoms with Crippen molar-refractivity contribution >= 4 is 11.3 Å². The summed E-state index contributed by atoms with van der Waals surface area (Å²) in [6, 6.07) is 24.8. The predicted octanol–water partition coefficient (Wildman–Crippen LogP) is 3.69. The molecule has 0 fully saturated rings. The summed E-state index contributed by atoms with van der Waals surface area (Å²) in [5.74, 6) is 1.14. The van der Waals surface area contributed by atoms with Gasteiger partial charge in [-0.05, 0) is 23.3 Å². The summed E-state index contributed by atoms with van der Waals surface area (Å²) in [5, 5.41) is 8.64. The molecule has 0 spiro atoms. The highest BCUT2D eigenvalue weighted by Gasteiger charge is 2.18. The standard InChI is InChI=1S/C20H18N4/c21-17-11-12-19-22-23-20(24(19)14-17)13-18(15-7-3-1-4-8-15)16-9-5-2-6-10-16/h1-12,14,18H,13,21H2. The quantitative estimate of drug-likeness (QED) is 0.625. The number of nitrogen functional groups attached to an aromatic ring is 1. The number of hydrogen-bond donors (Lipinski definition) is 1. The predicted molar refractivity (Wildman–Crippen MR) is 95.8 cm³/mol. The third-order valence-corrected chi connectivity index (χ3v) is 4.29. The number of benzene rings is 2. The molecule has 0 saturated heterocycles. The van der Waals surface area contributed by atoms with Crippen LogP contribution in [0, 0.1) is 0 Å². The van der Waals surface area contributed by atoms with Gasteiger partial charge in [-0.1, -0.05) is 60.7 Å². The van der Waals surface area contributed by atoms with Crippen molar-refractivity contribution in [3.8, 4) is 0 Å². The highest BCUT2D eigenvalue weighted by molar-refractivity contribution is 5.47. The number of pyridine rings is 1. The van der Waals surface area contributed by atoms with Crippen molar-refractivity contribution in [2.75, 3.05) is 5.73 Å². The van der Waals surface area contributed by atoms with Crippen molar-refractivity contribution in [2.24, 2.45) is 0 Å². The van der Waals surface area contributed by atoms with E-state index < -0.39 is 0 Å². The summed E-state index contributed by atoms with van der Waals surface area (Å²) in [6.45, 7) is 0. The number of nitrogens with two attached hydrogens (primary N) is 1. The van der Waals surface area contributed by atoms with Gasteiger partial charge in [0, 0.05) is 24.2 Å². The van der Waals surface area contributed by atoms with E-state index >= 15 is 0 Å². The normalized spacial score (nSPS) is 11.2. The first kappa shape index (κ1) is 14.5. The monoisotopic (exact) mass is 314 g/mol. The van der Waals surface area contributed by atoms with Crippen LogP contribution in [0.5, 0.6) is 0 Å². The smallest absolute Gasteiger partial charge is 0.160 e. The van der Waals surface area contributed by atoms with Crippen LogP contribution in [0.1, 0.15) is 22.9 Å². The Balaban J connectivity index is 1.78. The van der Waals surface area contributed by atoms with E-state index in [0.717, 1.165) is 17.9 Å². The van der Waals surface area contributed by atoms with E-state index in [-0.39, 0.29) is 5.92 Å². The van der Waals surface area contributed by atoms with Crippen molar-refractivity contribution in [1.29, 1.82) is 0 Å². The zero-order valence-electron chi connectivity index (χ0n) is 13.2. The topological polar surface area (TPSA) is 56.2 Å². The molecule has 0 bridgehead atoms. The van der Waals surface area contributed by atoms with E-state index in [1.165, 1.54) is 11.1 Å². The number of aromatic nitrogens is 3. The zero-order valence-corrected chi connectivity index (χ0v) is 13.2. The van der Waals surface area contributed by atoms with Gasteiger partial charge in [0.2, 0.25) is 0 Å². The van der Waals surface area contributed by atoms with Gasteiger partial charge < -0.3 is 5.73 Å². The molecule has 2 N–H and O–H groups in total. The summed E-state index contributed by atoms with van der Waals surface area (Å²) in [4.78, 5) is 0. The number of fused-ring (bicyclic) bond motifs is 1. The fraction of sp³-hybridized carbons (Fsp3) is 0.100. The van der Waals surface area contributed by atoms with Crippen LogP contribution in [0.25, 0.3) is 5.65 Å². The van der Waals surface area contributed by atoms with Crippen LogP contribution in [-0.2, 0) is 6.42 Å². The molecule has 2 aromatic heterocycles. The van der Waals surface area contributed by atoms with E-state index in [4.69, 9.17) is 5.73 Å². The first-order valence-corrected chi connectivity index (χ1v) is 8.00. The Labute approximate surface area is 140 Å². The summed E-state index contributed by atoms with van der Waals surface area (Å²) in [5.41, 5.74) is 9.99. The number of anilines is 1. The molecule has 0 unspecified atom stereocenters. The fourth-order valence-electron chi connectivity index (χ4n) is 3.08. The molecular formula is C20H18N4. The van der Waals surface area contributed by atoms with Crippen molar-refractivity contribution in [3.63, 3.8) is 0 Å². The Hall–Kier alpha value is -3.14. The second kappa shape index (κ2) is 6.16. The van der Waals surface area contributed by atoms with Gasteiger partial charge in [-0.25, -0.2) is 0 Å². The minimum Gasteiger partial charge on any atom is -0.398 e. The van der Waals surface area contributed by atoms with Crippen LogP contribution in [-0.4, -0.2) is 14.6 Å². The Morgan fingerprint density at radius 2 is 1.42 bits per heavy atom. The molecular weight excluding hydrogens is 296 g/mol. The third-order valence-electron chi connectivity index (χ3n) is 4.29. The van der Waals surface area contributed by atoms with E-state index in [2.05, 4.69) is 58.7 Å². The lowest BCUT2D eigenvalue weighted by molar-refractivity contribution is 0.744. The average Bonchev–Trinajstić information content (AvgIpc) is 3.03. The SMILES string of the molecule is Nc1ccc2nnc(CC(c3ccccc3)c3ccccc3)n2c1. The van der Waals surface area contributed by atoms with Crippen LogP contribution in [0.4, 0.5) is 5.69 Å².